The van der Waals surface area contributed by atoms with Crippen molar-refractivity contribution < 1.29 is 0 Å². The van der Waals surface area contributed by atoms with Gasteiger partial charge in [-0.25, -0.2) is 9.98 Å². The largest absolute Gasteiger partial charge is 0.357 e. The van der Waals surface area contributed by atoms with E-state index >= 15 is 0 Å². The Labute approximate surface area is 182 Å². The molecule has 0 amide bonds. The Balaban J connectivity index is 1.54. The van der Waals surface area contributed by atoms with Crippen molar-refractivity contribution in [3.8, 4) is 0 Å². The van der Waals surface area contributed by atoms with E-state index in [-0.39, 0.29) is 0 Å². The molecular formula is C23H41N7. The van der Waals surface area contributed by atoms with Gasteiger partial charge in [-0.15, -0.1) is 0 Å². The Morgan fingerprint density at radius 3 is 2.50 bits per heavy atom. The molecule has 2 N–H and O–H groups in total. The van der Waals surface area contributed by atoms with Gasteiger partial charge in [0.1, 0.15) is 5.82 Å². The molecule has 0 aromatic carbocycles. The predicted molar refractivity (Wildman–Crippen MR) is 126 cm³/mol. The van der Waals surface area contributed by atoms with Crippen LogP contribution in [0.25, 0.3) is 0 Å². The normalized spacial score (nSPS) is 19.8. The molecule has 0 atom stereocenters. The van der Waals surface area contributed by atoms with Crippen LogP contribution >= 0.6 is 0 Å². The minimum atomic E-state index is 0.513. The van der Waals surface area contributed by atoms with Gasteiger partial charge in [0.05, 0.1) is 6.54 Å². The Kier molecular flexibility index (Phi) is 9.21. The summed E-state index contributed by atoms with van der Waals surface area (Å²) in [5, 5.41) is 7.08. The van der Waals surface area contributed by atoms with Gasteiger partial charge in [0.2, 0.25) is 0 Å². The van der Waals surface area contributed by atoms with Crippen molar-refractivity contribution in [1.82, 2.24) is 25.4 Å². The van der Waals surface area contributed by atoms with Crippen molar-refractivity contribution in [2.75, 3.05) is 63.8 Å². The van der Waals surface area contributed by atoms with Crippen LogP contribution in [0.4, 0.5) is 5.82 Å². The molecule has 168 valence electrons. The summed E-state index contributed by atoms with van der Waals surface area (Å²) >= 11 is 0. The predicted octanol–water partition coefficient (Wildman–Crippen LogP) is 2.15. The fourth-order valence-electron chi connectivity index (χ4n) is 4.33. The number of aliphatic imine (C=N–C) groups is 1. The van der Waals surface area contributed by atoms with E-state index < -0.39 is 0 Å². The lowest BCUT2D eigenvalue weighted by Crippen LogP contribution is -2.48. The third-order valence-electron chi connectivity index (χ3n) is 6.19. The summed E-state index contributed by atoms with van der Waals surface area (Å²) in [6, 6.07) is 4.80. The zero-order chi connectivity index (χ0) is 21.2. The summed E-state index contributed by atoms with van der Waals surface area (Å²) in [6.45, 7) is 17.2. The molecule has 0 bridgehead atoms. The molecule has 2 aliphatic rings. The molecule has 0 radical (unpaired) electrons. The fraction of sp³-hybridized carbons (Fsp3) is 0.739. The maximum absolute atomic E-state index is 4.87. The number of piperazine rings is 1. The summed E-state index contributed by atoms with van der Waals surface area (Å²) in [5.41, 5.74) is 1.22. The summed E-state index contributed by atoms with van der Waals surface area (Å²) < 4.78 is 0. The molecule has 0 saturated carbocycles. The molecule has 2 fully saturated rings. The third kappa shape index (κ3) is 6.84. The molecule has 7 nitrogen and oxygen atoms in total. The van der Waals surface area contributed by atoms with Crippen LogP contribution in [0.2, 0.25) is 0 Å². The monoisotopic (exact) mass is 415 g/mol. The highest BCUT2D eigenvalue weighted by molar-refractivity contribution is 5.80. The Bertz CT molecular complexity index is 647. The van der Waals surface area contributed by atoms with Crippen molar-refractivity contribution in [2.24, 2.45) is 4.99 Å². The lowest BCUT2D eigenvalue weighted by molar-refractivity contribution is 0.206. The first-order chi connectivity index (χ1) is 14.7. The van der Waals surface area contributed by atoms with Crippen LogP contribution in [0.3, 0.4) is 0 Å². The van der Waals surface area contributed by atoms with Crippen molar-refractivity contribution in [3.05, 3.63) is 23.9 Å². The molecule has 3 rings (SSSR count). The second kappa shape index (κ2) is 12.1. The van der Waals surface area contributed by atoms with E-state index in [1.54, 1.807) is 0 Å². The number of guanidine groups is 1. The van der Waals surface area contributed by atoms with Crippen LogP contribution < -0.4 is 15.5 Å². The van der Waals surface area contributed by atoms with E-state index in [1.807, 2.05) is 6.20 Å². The highest BCUT2D eigenvalue weighted by Gasteiger charge is 2.19. The number of likely N-dealkylation sites (N-methyl/N-ethyl adjacent to an activating group) is 1. The molecule has 1 aromatic rings. The summed E-state index contributed by atoms with van der Waals surface area (Å²) in [6.07, 6.45) is 5.54. The third-order valence-corrected chi connectivity index (χ3v) is 6.19. The van der Waals surface area contributed by atoms with E-state index in [0.29, 0.717) is 12.6 Å². The average Bonchev–Trinajstić information content (AvgIpc) is 2.79. The van der Waals surface area contributed by atoms with E-state index in [2.05, 4.69) is 63.2 Å². The first-order valence-corrected chi connectivity index (χ1v) is 11.9. The second-order valence-electron chi connectivity index (χ2n) is 8.40. The average molecular weight is 416 g/mol. The first kappa shape index (κ1) is 22.8. The highest BCUT2D eigenvalue weighted by atomic mass is 15.3. The molecule has 2 aliphatic heterocycles. The lowest BCUT2D eigenvalue weighted by Gasteiger charge is -2.34. The number of rotatable bonds is 8. The lowest BCUT2D eigenvalue weighted by atomic mass is 10.1. The molecule has 3 heterocycles. The molecule has 2 saturated heterocycles. The second-order valence-corrected chi connectivity index (χ2v) is 8.40. The minimum Gasteiger partial charge on any atom is -0.357 e. The van der Waals surface area contributed by atoms with E-state index in [1.165, 1.54) is 44.5 Å². The van der Waals surface area contributed by atoms with E-state index in [4.69, 9.17) is 4.99 Å². The summed E-state index contributed by atoms with van der Waals surface area (Å²) in [4.78, 5) is 16.9. The smallest absolute Gasteiger partial charge is 0.191 e. The SMILES string of the molecule is CCCN1CCC(NC(=NCc2ccnc(N3CCN(CC)CC3)c2)NCC)CC1. The number of hydrogen-bond donors (Lipinski definition) is 2. The number of hydrogen-bond acceptors (Lipinski definition) is 5. The van der Waals surface area contributed by atoms with Gasteiger partial charge in [0, 0.05) is 58.1 Å². The van der Waals surface area contributed by atoms with Crippen LogP contribution in [-0.4, -0.2) is 85.7 Å². The van der Waals surface area contributed by atoms with Gasteiger partial charge in [-0.2, -0.15) is 0 Å². The zero-order valence-electron chi connectivity index (χ0n) is 19.2. The molecule has 7 heteroatoms. The Hall–Kier alpha value is -1.86. The Morgan fingerprint density at radius 2 is 1.83 bits per heavy atom. The number of piperidine rings is 1. The van der Waals surface area contributed by atoms with Gasteiger partial charge in [-0.1, -0.05) is 13.8 Å². The number of likely N-dealkylation sites (tertiary alicyclic amines) is 1. The van der Waals surface area contributed by atoms with Crippen LogP contribution in [-0.2, 0) is 6.54 Å². The van der Waals surface area contributed by atoms with E-state index in [9.17, 15) is 0 Å². The van der Waals surface area contributed by atoms with Crippen molar-refractivity contribution in [1.29, 1.82) is 0 Å². The van der Waals surface area contributed by atoms with Crippen molar-refractivity contribution in [2.45, 2.75) is 52.6 Å². The quantitative estimate of drug-likeness (QED) is 0.501. The standard InChI is InChI=1S/C23H41N7/c1-4-11-29-12-8-21(9-13-29)27-23(24-5-2)26-19-20-7-10-25-22(18-20)30-16-14-28(6-3)15-17-30/h7,10,18,21H,4-6,8-9,11-17,19H2,1-3H3,(H2,24,26,27). The number of nitrogens with zero attached hydrogens (tertiary/aromatic N) is 5. The van der Waals surface area contributed by atoms with Crippen molar-refractivity contribution >= 4 is 11.8 Å². The number of anilines is 1. The molecule has 30 heavy (non-hydrogen) atoms. The van der Waals surface area contributed by atoms with Gasteiger partial charge in [-0.3, -0.25) is 0 Å². The fourth-order valence-corrected chi connectivity index (χ4v) is 4.33. The van der Waals surface area contributed by atoms with Crippen LogP contribution in [0.15, 0.2) is 23.3 Å². The van der Waals surface area contributed by atoms with Crippen LogP contribution in [0.1, 0.15) is 45.6 Å². The maximum Gasteiger partial charge on any atom is 0.191 e. The van der Waals surface area contributed by atoms with Gasteiger partial charge in [-0.05, 0) is 57.0 Å². The first-order valence-electron chi connectivity index (χ1n) is 11.9. The van der Waals surface area contributed by atoms with E-state index in [0.717, 1.165) is 51.0 Å². The van der Waals surface area contributed by atoms with Gasteiger partial charge < -0.3 is 25.3 Å². The Morgan fingerprint density at radius 1 is 1.07 bits per heavy atom. The molecule has 0 aliphatic carbocycles. The van der Waals surface area contributed by atoms with Gasteiger partial charge in [0.15, 0.2) is 5.96 Å². The topological polar surface area (TPSA) is 59.0 Å². The minimum absolute atomic E-state index is 0.513. The van der Waals surface area contributed by atoms with Crippen LogP contribution in [0.5, 0.6) is 0 Å². The zero-order valence-corrected chi connectivity index (χ0v) is 19.2. The highest BCUT2D eigenvalue weighted by Crippen LogP contribution is 2.16. The van der Waals surface area contributed by atoms with Gasteiger partial charge >= 0.3 is 0 Å². The molecule has 0 unspecified atom stereocenters. The maximum atomic E-state index is 4.87. The number of nitrogens with one attached hydrogen (secondary N) is 2. The molecule has 1 aromatic heterocycles. The number of pyridine rings is 1. The number of aromatic nitrogens is 1. The molecular weight excluding hydrogens is 374 g/mol. The summed E-state index contributed by atoms with van der Waals surface area (Å²) in [5.74, 6) is 2.01. The van der Waals surface area contributed by atoms with Gasteiger partial charge in [0.25, 0.3) is 0 Å². The van der Waals surface area contributed by atoms with Crippen molar-refractivity contribution in [3.63, 3.8) is 0 Å². The molecule has 0 spiro atoms. The van der Waals surface area contributed by atoms with Crippen LogP contribution in [0, 0.1) is 0 Å². The summed E-state index contributed by atoms with van der Waals surface area (Å²) in [7, 11) is 0.